The number of carbonyl (C=O) groups is 2. The van der Waals surface area contributed by atoms with Crippen molar-refractivity contribution in [2.75, 3.05) is 48.8 Å². The van der Waals surface area contributed by atoms with E-state index >= 15 is 0 Å². The number of nitrogens with one attached hydrogen (secondary N) is 2. The highest BCUT2D eigenvalue weighted by atomic mass is 16.5. The summed E-state index contributed by atoms with van der Waals surface area (Å²) >= 11 is 0. The summed E-state index contributed by atoms with van der Waals surface area (Å²) in [5, 5.41) is 16.3. The van der Waals surface area contributed by atoms with E-state index in [0.29, 0.717) is 33.8 Å². The van der Waals surface area contributed by atoms with Gasteiger partial charge < -0.3 is 29.9 Å². The molecule has 2 N–H and O–H groups in total. The maximum atomic E-state index is 12.5. The van der Waals surface area contributed by atoms with Crippen molar-refractivity contribution in [3.63, 3.8) is 0 Å². The van der Waals surface area contributed by atoms with E-state index in [1.807, 2.05) is 12.1 Å². The van der Waals surface area contributed by atoms with Gasteiger partial charge in [0.05, 0.1) is 16.9 Å². The second-order valence-corrected chi connectivity index (χ2v) is 11.7. The summed E-state index contributed by atoms with van der Waals surface area (Å²) in [5.74, 6) is 0.154. The SMILES string of the molecule is C=CC(=O)Nc1cccc(Oc2nc(Nc3ccc(N4CCN(C)CC4)c([N+]#N)c3)nc3c2ccn3COC(=O)C(C)(C)C)c1. The molecule has 0 spiro atoms. The zero-order valence-corrected chi connectivity index (χ0v) is 25.8. The molecular weight excluding hydrogens is 574 g/mol. The Morgan fingerprint density at radius 3 is 2.56 bits per heavy atom. The quantitative estimate of drug-likeness (QED) is 0.134. The Hall–Kier alpha value is -5.48. The van der Waals surface area contributed by atoms with Gasteiger partial charge in [-0.1, -0.05) is 12.6 Å². The van der Waals surface area contributed by atoms with Crippen molar-refractivity contribution in [1.29, 1.82) is 5.39 Å². The van der Waals surface area contributed by atoms with Crippen molar-refractivity contribution in [3.8, 4) is 11.6 Å². The van der Waals surface area contributed by atoms with E-state index in [1.165, 1.54) is 6.08 Å². The first-order valence-electron chi connectivity index (χ1n) is 14.5. The number of nitrogens with zero attached hydrogens (tertiary/aromatic N) is 7. The molecule has 1 saturated heterocycles. The molecule has 1 amide bonds. The zero-order valence-electron chi connectivity index (χ0n) is 25.8. The van der Waals surface area contributed by atoms with Gasteiger partial charge in [0, 0.05) is 49.8 Å². The number of hydrogen-bond acceptors (Lipinski definition) is 10. The van der Waals surface area contributed by atoms with Crippen molar-refractivity contribution in [2.24, 2.45) is 5.41 Å². The summed E-state index contributed by atoms with van der Waals surface area (Å²) < 4.78 is 13.5. The van der Waals surface area contributed by atoms with Crippen LogP contribution in [0.3, 0.4) is 0 Å². The zero-order chi connectivity index (χ0) is 32.1. The number of benzene rings is 2. The molecule has 1 fully saturated rings. The highest BCUT2D eigenvalue weighted by molar-refractivity contribution is 5.99. The van der Waals surface area contributed by atoms with Gasteiger partial charge in [-0.2, -0.15) is 9.97 Å². The van der Waals surface area contributed by atoms with Crippen LogP contribution in [0.1, 0.15) is 20.8 Å². The van der Waals surface area contributed by atoms with Crippen LogP contribution in [-0.2, 0) is 21.1 Å². The summed E-state index contributed by atoms with van der Waals surface area (Å²) in [6, 6.07) is 14.1. The fourth-order valence-corrected chi connectivity index (χ4v) is 4.69. The number of rotatable bonds is 9. The largest absolute Gasteiger partial charge is 0.443 e. The van der Waals surface area contributed by atoms with E-state index in [2.05, 4.69) is 44.0 Å². The molecule has 1 aliphatic heterocycles. The van der Waals surface area contributed by atoms with Gasteiger partial charge in [0.15, 0.2) is 17.4 Å². The van der Waals surface area contributed by atoms with Crippen LogP contribution in [-0.4, -0.2) is 64.5 Å². The van der Waals surface area contributed by atoms with Crippen molar-refractivity contribution < 1.29 is 19.1 Å². The van der Waals surface area contributed by atoms with Crippen molar-refractivity contribution in [2.45, 2.75) is 27.5 Å². The van der Waals surface area contributed by atoms with Gasteiger partial charge in [-0.15, -0.1) is 0 Å². The second-order valence-electron chi connectivity index (χ2n) is 11.7. The van der Waals surface area contributed by atoms with Crippen LogP contribution >= 0.6 is 0 Å². The van der Waals surface area contributed by atoms with Crippen LogP contribution in [0.15, 0.2) is 67.4 Å². The van der Waals surface area contributed by atoms with Crippen molar-refractivity contribution in [1.82, 2.24) is 19.4 Å². The minimum Gasteiger partial charge on any atom is -0.443 e. The predicted octanol–water partition coefficient (Wildman–Crippen LogP) is 5.87. The predicted molar refractivity (Wildman–Crippen MR) is 173 cm³/mol. The number of esters is 1. The monoisotopic (exact) mass is 610 g/mol. The van der Waals surface area contributed by atoms with E-state index in [-0.39, 0.29) is 30.4 Å². The number of likely N-dealkylation sites (N-methyl/N-ethyl adjacent to an activating group) is 1. The molecule has 13 nitrogen and oxygen atoms in total. The topological polar surface area (TPSA) is 142 Å². The van der Waals surface area contributed by atoms with E-state index in [0.717, 1.165) is 31.9 Å². The number of anilines is 4. The van der Waals surface area contributed by atoms with Crippen LogP contribution in [0, 0.1) is 10.8 Å². The highest BCUT2D eigenvalue weighted by Crippen LogP contribution is 2.35. The van der Waals surface area contributed by atoms with Gasteiger partial charge in [0.2, 0.25) is 23.1 Å². The molecule has 4 aromatic rings. The van der Waals surface area contributed by atoms with Gasteiger partial charge in [-0.05, 0) is 64.2 Å². The van der Waals surface area contributed by atoms with Crippen LogP contribution in [0.2, 0.25) is 0 Å². The molecular formula is C32H36N9O4+. The first kappa shape index (κ1) is 31.0. The molecule has 0 unspecified atom stereocenters. The summed E-state index contributed by atoms with van der Waals surface area (Å²) in [6.45, 7) is 12.2. The third kappa shape index (κ3) is 7.36. The lowest BCUT2D eigenvalue weighted by molar-refractivity contribution is -0.156. The molecule has 232 valence electrons. The Morgan fingerprint density at radius 2 is 1.84 bits per heavy atom. The second kappa shape index (κ2) is 13.0. The van der Waals surface area contributed by atoms with Crippen LogP contribution in [0.5, 0.6) is 11.6 Å². The van der Waals surface area contributed by atoms with Crippen LogP contribution < -0.4 is 20.3 Å². The average molecular weight is 611 g/mol. The number of diazo groups is 1. The van der Waals surface area contributed by atoms with Gasteiger partial charge in [-0.25, -0.2) is 0 Å². The van der Waals surface area contributed by atoms with Crippen molar-refractivity contribution in [3.05, 3.63) is 72.4 Å². The van der Waals surface area contributed by atoms with Crippen LogP contribution in [0.25, 0.3) is 16.0 Å². The minimum absolute atomic E-state index is 0.0637. The van der Waals surface area contributed by atoms with E-state index in [9.17, 15) is 15.0 Å². The third-order valence-corrected chi connectivity index (χ3v) is 7.22. The summed E-state index contributed by atoms with van der Waals surface area (Å²) in [7, 11) is 2.08. The number of ether oxygens (including phenoxy) is 2. The Bertz CT molecular complexity index is 1780. The Kier molecular flexibility index (Phi) is 8.96. The van der Waals surface area contributed by atoms with Gasteiger partial charge in [-0.3, -0.25) is 14.2 Å². The lowest BCUT2D eigenvalue weighted by Gasteiger charge is -2.33. The number of fused-ring (bicyclic) bond motifs is 1. The Morgan fingerprint density at radius 1 is 1.07 bits per heavy atom. The fraction of sp³-hybridized carbons (Fsp3) is 0.312. The average Bonchev–Trinajstić information content (AvgIpc) is 3.43. The molecule has 2 aromatic carbocycles. The van der Waals surface area contributed by atoms with Crippen molar-refractivity contribution >= 4 is 51.6 Å². The maximum Gasteiger partial charge on any atom is 0.410 e. The molecule has 3 heterocycles. The molecule has 2 aromatic heterocycles. The van der Waals surface area contributed by atoms with Gasteiger partial charge >= 0.3 is 11.7 Å². The van der Waals surface area contributed by atoms with Crippen LogP contribution in [0.4, 0.5) is 28.7 Å². The number of carbonyl (C=O) groups excluding carboxylic acids is 2. The fourth-order valence-electron chi connectivity index (χ4n) is 4.69. The first-order chi connectivity index (χ1) is 21.5. The standard InChI is InChI=1S/C32H35N9O4/c1-6-27(42)34-21-8-7-9-23(18-21)45-29-24-12-13-41(20-44-30(43)32(2,3)4)28(24)36-31(37-29)35-22-10-11-26(25(19-22)38-33)40-16-14-39(5)15-17-40/h6-13,18-19H,1,14-17,20H2,2-5H3,(H-,34,35,36,37,42)/p+1. The molecule has 45 heavy (non-hydrogen) atoms. The molecule has 0 saturated carbocycles. The summed E-state index contributed by atoms with van der Waals surface area (Å²) in [6.07, 6.45) is 2.92. The molecule has 5 rings (SSSR count). The minimum atomic E-state index is -0.670. The molecule has 0 radical (unpaired) electrons. The Labute approximate surface area is 261 Å². The lowest BCUT2D eigenvalue weighted by atomic mass is 9.98. The number of aromatic nitrogens is 3. The Balaban J connectivity index is 1.48. The normalized spacial score (nSPS) is 13.6. The van der Waals surface area contributed by atoms with E-state index < -0.39 is 5.41 Å². The first-order valence-corrected chi connectivity index (χ1v) is 14.5. The molecule has 13 heteroatoms. The molecule has 0 atom stereocenters. The van der Waals surface area contributed by atoms with E-state index in [1.54, 1.807) is 67.9 Å². The molecule has 1 aliphatic rings. The van der Waals surface area contributed by atoms with Gasteiger partial charge in [0.1, 0.15) is 11.4 Å². The summed E-state index contributed by atoms with van der Waals surface area (Å²) in [5.41, 5.74) is 2.15. The number of amides is 1. The number of piperazine rings is 1. The van der Waals surface area contributed by atoms with E-state index in [4.69, 9.17) is 14.5 Å². The molecule has 0 bridgehead atoms. The highest BCUT2D eigenvalue weighted by Gasteiger charge is 2.25. The summed E-state index contributed by atoms with van der Waals surface area (Å²) in [4.78, 5) is 41.6. The molecule has 0 aliphatic carbocycles. The smallest absolute Gasteiger partial charge is 0.410 e. The number of hydrogen-bond donors (Lipinski definition) is 2. The van der Waals surface area contributed by atoms with Gasteiger partial charge in [0.25, 0.3) is 0 Å². The third-order valence-electron chi connectivity index (χ3n) is 7.22. The maximum absolute atomic E-state index is 12.5. The lowest BCUT2D eigenvalue weighted by Crippen LogP contribution is -2.44.